The smallest absolute Gasteiger partial charge is 0.131 e. The van der Waals surface area contributed by atoms with Crippen molar-refractivity contribution in [3.8, 4) is 17.6 Å². The highest BCUT2D eigenvalue weighted by Crippen LogP contribution is 2.35. The predicted molar refractivity (Wildman–Crippen MR) is 85.5 cm³/mol. The van der Waals surface area contributed by atoms with Gasteiger partial charge in [0.2, 0.25) is 0 Å². The Morgan fingerprint density at radius 1 is 1.10 bits per heavy atom. The van der Waals surface area contributed by atoms with Crippen LogP contribution in [-0.2, 0) is 5.41 Å². The van der Waals surface area contributed by atoms with Gasteiger partial charge in [-0.25, -0.2) is 0 Å². The summed E-state index contributed by atoms with van der Waals surface area (Å²) in [5.74, 6) is 1.46. The molecule has 0 spiro atoms. The molecule has 0 aliphatic carbocycles. The molecule has 0 aromatic heterocycles. The third kappa shape index (κ3) is 3.35. The van der Waals surface area contributed by atoms with E-state index < -0.39 is 0 Å². The second-order valence-corrected chi connectivity index (χ2v) is 6.21. The van der Waals surface area contributed by atoms with Crippen molar-refractivity contribution in [1.82, 2.24) is 0 Å². The highest BCUT2D eigenvalue weighted by Gasteiger charge is 2.19. The first-order valence-corrected chi connectivity index (χ1v) is 6.90. The minimum Gasteiger partial charge on any atom is -0.457 e. The molecule has 0 radical (unpaired) electrons. The van der Waals surface area contributed by atoms with Crippen LogP contribution in [0, 0.1) is 18.3 Å². The largest absolute Gasteiger partial charge is 0.457 e. The molecule has 0 fully saturated rings. The van der Waals surface area contributed by atoms with Crippen LogP contribution in [0.5, 0.6) is 11.5 Å². The molecule has 0 aliphatic heterocycles. The lowest BCUT2D eigenvalue weighted by molar-refractivity contribution is 0.455. The van der Waals surface area contributed by atoms with E-state index in [1.54, 1.807) is 18.2 Å². The fraction of sp³-hybridized carbons (Fsp3) is 0.278. The van der Waals surface area contributed by atoms with E-state index in [9.17, 15) is 0 Å². The lowest BCUT2D eigenvalue weighted by atomic mass is 9.85. The fourth-order valence-electron chi connectivity index (χ4n) is 2.15. The summed E-state index contributed by atoms with van der Waals surface area (Å²) in [6.07, 6.45) is 0. The van der Waals surface area contributed by atoms with Gasteiger partial charge >= 0.3 is 0 Å². The number of nitrogen functional groups attached to an aromatic ring is 1. The van der Waals surface area contributed by atoms with Gasteiger partial charge in [-0.05, 0) is 30.5 Å². The zero-order valence-electron chi connectivity index (χ0n) is 12.9. The van der Waals surface area contributed by atoms with E-state index in [1.807, 2.05) is 18.2 Å². The number of hydrogen-bond donors (Lipinski definition) is 1. The molecular formula is C18H20N2O. The van der Waals surface area contributed by atoms with Gasteiger partial charge in [-0.15, -0.1) is 0 Å². The van der Waals surface area contributed by atoms with Crippen molar-refractivity contribution in [2.75, 3.05) is 5.73 Å². The van der Waals surface area contributed by atoms with Gasteiger partial charge < -0.3 is 10.5 Å². The van der Waals surface area contributed by atoms with Gasteiger partial charge in [0.25, 0.3) is 0 Å². The van der Waals surface area contributed by atoms with Crippen LogP contribution in [0.1, 0.15) is 37.5 Å². The third-order valence-electron chi connectivity index (χ3n) is 3.31. The van der Waals surface area contributed by atoms with E-state index in [4.69, 9.17) is 15.7 Å². The van der Waals surface area contributed by atoms with E-state index in [2.05, 4.69) is 33.8 Å². The first-order chi connectivity index (χ1) is 9.81. The predicted octanol–water partition coefficient (Wildman–Crippen LogP) is 4.54. The van der Waals surface area contributed by atoms with Gasteiger partial charge in [0.1, 0.15) is 17.6 Å². The Morgan fingerprint density at radius 2 is 1.81 bits per heavy atom. The van der Waals surface area contributed by atoms with E-state index in [1.165, 1.54) is 5.56 Å². The maximum Gasteiger partial charge on any atom is 0.131 e. The summed E-state index contributed by atoms with van der Waals surface area (Å²) in [5.41, 5.74) is 9.05. The molecule has 0 unspecified atom stereocenters. The van der Waals surface area contributed by atoms with Crippen LogP contribution in [0.15, 0.2) is 36.4 Å². The number of nitriles is 1. The number of hydrogen-bond acceptors (Lipinski definition) is 3. The number of ether oxygens (including phenoxy) is 1. The Balaban J connectivity index is 2.41. The average molecular weight is 280 g/mol. The van der Waals surface area contributed by atoms with Crippen LogP contribution < -0.4 is 10.5 Å². The monoisotopic (exact) mass is 280 g/mol. The van der Waals surface area contributed by atoms with E-state index in [-0.39, 0.29) is 5.41 Å². The van der Waals surface area contributed by atoms with Crippen LogP contribution in [0.4, 0.5) is 5.69 Å². The summed E-state index contributed by atoms with van der Waals surface area (Å²) < 4.78 is 5.98. The summed E-state index contributed by atoms with van der Waals surface area (Å²) >= 11 is 0. The van der Waals surface area contributed by atoms with E-state index in [0.717, 1.165) is 11.3 Å². The SMILES string of the molecule is Cc1ccc(Oc2ccc(C#N)c(N)c2)c(C(C)(C)C)c1. The molecule has 0 amide bonds. The Hall–Kier alpha value is -2.47. The van der Waals surface area contributed by atoms with Crippen LogP contribution in [0.25, 0.3) is 0 Å². The summed E-state index contributed by atoms with van der Waals surface area (Å²) in [5, 5.41) is 8.91. The summed E-state index contributed by atoms with van der Waals surface area (Å²) in [6, 6.07) is 13.3. The molecule has 21 heavy (non-hydrogen) atoms. The third-order valence-corrected chi connectivity index (χ3v) is 3.31. The molecule has 2 aromatic rings. The van der Waals surface area contributed by atoms with Gasteiger partial charge in [-0.1, -0.05) is 38.5 Å². The van der Waals surface area contributed by atoms with Gasteiger partial charge in [-0.3, -0.25) is 0 Å². The van der Waals surface area contributed by atoms with Crippen LogP contribution in [0.3, 0.4) is 0 Å². The molecular weight excluding hydrogens is 260 g/mol. The van der Waals surface area contributed by atoms with Crippen LogP contribution in [0.2, 0.25) is 0 Å². The zero-order valence-corrected chi connectivity index (χ0v) is 12.9. The van der Waals surface area contributed by atoms with Gasteiger partial charge in [0, 0.05) is 11.6 Å². The molecule has 0 atom stereocenters. The van der Waals surface area contributed by atoms with Gasteiger partial charge in [-0.2, -0.15) is 5.26 Å². The number of benzene rings is 2. The normalized spacial score (nSPS) is 11.0. The first kappa shape index (κ1) is 14.9. The van der Waals surface area contributed by atoms with Crippen molar-refractivity contribution in [3.63, 3.8) is 0 Å². The number of nitrogens with zero attached hydrogens (tertiary/aromatic N) is 1. The summed E-state index contributed by atoms with van der Waals surface area (Å²) in [7, 11) is 0. The fourth-order valence-corrected chi connectivity index (χ4v) is 2.15. The first-order valence-electron chi connectivity index (χ1n) is 6.90. The Labute approximate surface area is 126 Å². The molecule has 2 aromatic carbocycles. The van der Waals surface area contributed by atoms with Crippen molar-refractivity contribution < 1.29 is 4.74 Å². The molecule has 3 nitrogen and oxygen atoms in total. The molecule has 0 heterocycles. The number of anilines is 1. The molecule has 2 rings (SSSR count). The quantitative estimate of drug-likeness (QED) is 0.822. The minimum atomic E-state index is -0.0144. The van der Waals surface area contributed by atoms with Crippen molar-refractivity contribution in [1.29, 1.82) is 5.26 Å². The standard InChI is InChI=1S/C18H20N2O/c1-12-5-8-17(15(9-12)18(2,3)4)21-14-7-6-13(11-19)16(20)10-14/h5-10H,20H2,1-4H3. The van der Waals surface area contributed by atoms with Crippen molar-refractivity contribution in [2.24, 2.45) is 0 Å². The van der Waals surface area contributed by atoms with Crippen molar-refractivity contribution >= 4 is 5.69 Å². The average Bonchev–Trinajstić information content (AvgIpc) is 2.40. The minimum absolute atomic E-state index is 0.0144. The number of nitrogens with two attached hydrogens (primary N) is 1. The molecule has 0 bridgehead atoms. The Kier molecular flexibility index (Phi) is 3.90. The number of aryl methyl sites for hydroxylation is 1. The van der Waals surface area contributed by atoms with Crippen LogP contribution in [-0.4, -0.2) is 0 Å². The lowest BCUT2D eigenvalue weighted by Crippen LogP contribution is -2.12. The van der Waals surface area contributed by atoms with Crippen molar-refractivity contribution in [3.05, 3.63) is 53.1 Å². The molecule has 2 N–H and O–H groups in total. The van der Waals surface area contributed by atoms with E-state index >= 15 is 0 Å². The second-order valence-electron chi connectivity index (χ2n) is 6.21. The Morgan fingerprint density at radius 3 is 2.38 bits per heavy atom. The van der Waals surface area contributed by atoms with Gasteiger partial charge in [0.05, 0.1) is 11.3 Å². The van der Waals surface area contributed by atoms with Crippen LogP contribution >= 0.6 is 0 Å². The molecule has 0 saturated heterocycles. The molecule has 108 valence electrons. The molecule has 0 saturated carbocycles. The summed E-state index contributed by atoms with van der Waals surface area (Å²) in [6.45, 7) is 8.53. The Bertz CT molecular complexity index is 706. The zero-order chi connectivity index (χ0) is 15.6. The molecule has 0 aliphatic rings. The number of rotatable bonds is 2. The lowest BCUT2D eigenvalue weighted by Gasteiger charge is -2.23. The second kappa shape index (κ2) is 5.49. The topological polar surface area (TPSA) is 59.0 Å². The van der Waals surface area contributed by atoms with Gasteiger partial charge in [0.15, 0.2) is 0 Å². The summed E-state index contributed by atoms with van der Waals surface area (Å²) in [4.78, 5) is 0. The van der Waals surface area contributed by atoms with E-state index in [0.29, 0.717) is 17.0 Å². The maximum absolute atomic E-state index is 8.91. The van der Waals surface area contributed by atoms with Crippen molar-refractivity contribution in [2.45, 2.75) is 33.1 Å². The molecule has 3 heteroatoms. The highest BCUT2D eigenvalue weighted by molar-refractivity contribution is 5.58. The maximum atomic E-state index is 8.91. The highest BCUT2D eigenvalue weighted by atomic mass is 16.5.